The van der Waals surface area contributed by atoms with Gasteiger partial charge in [-0.1, -0.05) is 30.3 Å². The Bertz CT molecular complexity index is 995. The van der Waals surface area contributed by atoms with Crippen LogP contribution >= 0.6 is 0 Å². The molecule has 31 heavy (non-hydrogen) atoms. The smallest absolute Gasteiger partial charge is 0.291 e. The monoisotopic (exact) mass is 418 g/mol. The molecule has 0 saturated heterocycles. The maximum atomic E-state index is 13.4. The molecule has 1 aliphatic rings. The maximum Gasteiger partial charge on any atom is 0.291 e. The number of anilines is 1. The molecule has 8 nitrogen and oxygen atoms in total. The van der Waals surface area contributed by atoms with Crippen molar-refractivity contribution in [1.29, 1.82) is 5.26 Å². The van der Waals surface area contributed by atoms with Crippen LogP contribution in [0.4, 0.5) is 5.69 Å². The summed E-state index contributed by atoms with van der Waals surface area (Å²) < 4.78 is 0. The average molecular weight is 419 g/mol. The molecule has 2 aromatic carbocycles. The van der Waals surface area contributed by atoms with Gasteiger partial charge in [-0.3, -0.25) is 15.0 Å². The number of para-hydroxylation sites is 1. The van der Waals surface area contributed by atoms with Crippen molar-refractivity contribution in [3.05, 3.63) is 65.7 Å². The van der Waals surface area contributed by atoms with Crippen LogP contribution in [0.25, 0.3) is 0 Å². The van der Waals surface area contributed by atoms with Crippen LogP contribution in [-0.2, 0) is 16.1 Å². The molecule has 0 aromatic heterocycles. The maximum absolute atomic E-state index is 13.4. The van der Waals surface area contributed by atoms with Crippen LogP contribution in [-0.4, -0.2) is 60.7 Å². The van der Waals surface area contributed by atoms with Crippen molar-refractivity contribution in [2.45, 2.75) is 19.5 Å². The lowest BCUT2D eigenvalue weighted by atomic mass is 10.1. The van der Waals surface area contributed by atoms with E-state index >= 15 is 0 Å². The van der Waals surface area contributed by atoms with Crippen molar-refractivity contribution in [1.82, 2.24) is 15.2 Å². The van der Waals surface area contributed by atoms with Crippen LogP contribution in [0.3, 0.4) is 0 Å². The summed E-state index contributed by atoms with van der Waals surface area (Å²) in [5.74, 6) is -0.385. The molecule has 8 heteroatoms. The minimum Gasteiger partial charge on any atom is -0.330 e. The predicted octanol–water partition coefficient (Wildman–Crippen LogP) is 1.79. The number of amidine groups is 1. The van der Waals surface area contributed by atoms with Gasteiger partial charge in [0.2, 0.25) is 5.84 Å². The molecule has 2 aromatic rings. The number of likely N-dealkylation sites (N-methyl/N-ethyl adjacent to an activating group) is 1. The second kappa shape index (κ2) is 9.87. The zero-order valence-electron chi connectivity index (χ0n) is 17.9. The molecule has 160 valence electrons. The third kappa shape index (κ3) is 5.47. The largest absolute Gasteiger partial charge is 0.330 e. The Morgan fingerprint density at radius 1 is 1.13 bits per heavy atom. The quantitative estimate of drug-likeness (QED) is 0.740. The minimum atomic E-state index is -0.675. The zero-order valence-corrected chi connectivity index (χ0v) is 17.9. The van der Waals surface area contributed by atoms with Gasteiger partial charge in [0.15, 0.2) is 0 Å². The molecule has 1 atom stereocenters. The summed E-state index contributed by atoms with van der Waals surface area (Å²) in [4.78, 5) is 34.0. The standard InChI is InChI=1S/C23H26N6O2/c1-17-22(30)29(20-7-5-4-6-8-20)26-21(25-17)23(31)28(14-13-27(2)3)16-19-11-9-18(15-24)10-12-19/h4-12,17H,13-14,16H2,1-3H3,(H,25,26). The number of amides is 2. The van der Waals surface area contributed by atoms with Gasteiger partial charge >= 0.3 is 0 Å². The van der Waals surface area contributed by atoms with Gasteiger partial charge in [0, 0.05) is 19.6 Å². The zero-order chi connectivity index (χ0) is 22.4. The summed E-state index contributed by atoms with van der Waals surface area (Å²) in [5.41, 5.74) is 5.03. The van der Waals surface area contributed by atoms with Crippen molar-refractivity contribution in [3.8, 4) is 6.07 Å². The van der Waals surface area contributed by atoms with Gasteiger partial charge in [-0.15, -0.1) is 0 Å². The number of rotatable bonds is 7. The van der Waals surface area contributed by atoms with Gasteiger partial charge < -0.3 is 9.80 Å². The third-order valence-electron chi connectivity index (χ3n) is 4.90. The highest BCUT2D eigenvalue weighted by molar-refractivity contribution is 6.39. The number of nitriles is 1. The number of carbonyl (C=O) groups is 2. The van der Waals surface area contributed by atoms with Gasteiger partial charge in [0.25, 0.3) is 11.8 Å². The lowest BCUT2D eigenvalue weighted by Gasteiger charge is -2.33. The molecule has 3 rings (SSSR count). The average Bonchev–Trinajstić information content (AvgIpc) is 2.78. The van der Waals surface area contributed by atoms with E-state index in [-0.39, 0.29) is 17.6 Å². The molecule has 2 amide bonds. The summed E-state index contributed by atoms with van der Waals surface area (Å²) in [6.07, 6.45) is 0. The number of nitrogens with one attached hydrogen (secondary N) is 1. The van der Waals surface area contributed by atoms with Crippen LogP contribution in [0.15, 0.2) is 59.6 Å². The molecule has 0 fully saturated rings. The van der Waals surface area contributed by atoms with Crippen LogP contribution in [0, 0.1) is 11.3 Å². The summed E-state index contributed by atoms with van der Waals surface area (Å²) in [5, 5.41) is 10.4. The molecule has 1 heterocycles. The Hall–Kier alpha value is -3.70. The molecule has 1 aliphatic heterocycles. The van der Waals surface area contributed by atoms with Crippen molar-refractivity contribution in [2.75, 3.05) is 32.2 Å². The van der Waals surface area contributed by atoms with Crippen molar-refractivity contribution in [2.24, 2.45) is 4.99 Å². The Kier molecular flexibility index (Phi) is 7.00. The number of hydrogen-bond donors (Lipinski definition) is 1. The van der Waals surface area contributed by atoms with Crippen molar-refractivity contribution in [3.63, 3.8) is 0 Å². The van der Waals surface area contributed by atoms with E-state index in [1.807, 2.05) is 49.3 Å². The Labute approximate surface area is 182 Å². The first kappa shape index (κ1) is 22.0. The predicted molar refractivity (Wildman–Crippen MR) is 119 cm³/mol. The number of carbonyl (C=O) groups excluding carboxylic acids is 2. The highest BCUT2D eigenvalue weighted by Gasteiger charge is 2.32. The van der Waals surface area contributed by atoms with Crippen LogP contribution in [0.5, 0.6) is 0 Å². The second-order valence-corrected chi connectivity index (χ2v) is 7.61. The number of hydrazine groups is 1. The van der Waals surface area contributed by atoms with Gasteiger partial charge in [-0.05, 0) is 50.8 Å². The van der Waals surface area contributed by atoms with E-state index < -0.39 is 6.04 Å². The summed E-state index contributed by atoms with van der Waals surface area (Å²) in [7, 11) is 3.89. The van der Waals surface area contributed by atoms with E-state index in [0.717, 1.165) is 5.56 Å². The van der Waals surface area contributed by atoms with E-state index in [0.29, 0.717) is 30.9 Å². The van der Waals surface area contributed by atoms with E-state index in [9.17, 15) is 9.59 Å². The molecule has 0 radical (unpaired) electrons. The van der Waals surface area contributed by atoms with Crippen LogP contribution in [0.2, 0.25) is 0 Å². The second-order valence-electron chi connectivity index (χ2n) is 7.61. The van der Waals surface area contributed by atoms with Crippen LogP contribution < -0.4 is 10.4 Å². The molecule has 0 saturated carbocycles. The highest BCUT2D eigenvalue weighted by atomic mass is 16.2. The lowest BCUT2D eigenvalue weighted by Crippen LogP contribution is -2.58. The van der Waals surface area contributed by atoms with Crippen molar-refractivity contribution < 1.29 is 9.59 Å². The van der Waals surface area contributed by atoms with Gasteiger partial charge in [0.05, 0.1) is 17.3 Å². The molecule has 0 aliphatic carbocycles. The van der Waals surface area contributed by atoms with E-state index in [2.05, 4.69) is 16.5 Å². The molecule has 0 bridgehead atoms. The normalized spacial score (nSPS) is 15.8. The molecular weight excluding hydrogens is 392 g/mol. The molecule has 0 spiro atoms. The molecule has 1 unspecified atom stereocenters. The van der Waals surface area contributed by atoms with Gasteiger partial charge in [0.1, 0.15) is 6.04 Å². The summed E-state index contributed by atoms with van der Waals surface area (Å²) in [6, 6.07) is 17.7. The third-order valence-corrected chi connectivity index (χ3v) is 4.90. The number of benzene rings is 2. The lowest BCUT2D eigenvalue weighted by molar-refractivity contribution is -0.125. The Morgan fingerprint density at radius 2 is 1.81 bits per heavy atom. The number of hydrogen-bond acceptors (Lipinski definition) is 6. The van der Waals surface area contributed by atoms with Crippen LogP contribution in [0.1, 0.15) is 18.1 Å². The SMILES string of the molecule is CC1N=C(C(=O)N(CCN(C)C)Cc2ccc(C#N)cc2)NN(c2ccccc2)C1=O. The highest BCUT2D eigenvalue weighted by Crippen LogP contribution is 2.17. The Morgan fingerprint density at radius 3 is 2.42 bits per heavy atom. The first-order valence-electron chi connectivity index (χ1n) is 10.1. The van der Waals surface area contributed by atoms with Gasteiger partial charge in [-0.25, -0.2) is 10.0 Å². The van der Waals surface area contributed by atoms with Gasteiger partial charge in [-0.2, -0.15) is 5.26 Å². The first-order chi connectivity index (χ1) is 14.9. The molecule has 1 N–H and O–H groups in total. The summed E-state index contributed by atoms with van der Waals surface area (Å²) >= 11 is 0. The fourth-order valence-corrected chi connectivity index (χ4v) is 3.13. The fourth-order valence-electron chi connectivity index (χ4n) is 3.13. The fraction of sp³-hybridized carbons (Fsp3) is 0.304. The minimum absolute atomic E-state index is 0.128. The number of aliphatic imine (C=N–C) groups is 1. The first-order valence-corrected chi connectivity index (χ1v) is 10.1. The van der Waals surface area contributed by atoms with Crippen molar-refractivity contribution >= 4 is 23.3 Å². The number of nitrogens with zero attached hydrogens (tertiary/aromatic N) is 5. The summed E-state index contributed by atoms with van der Waals surface area (Å²) in [6.45, 7) is 3.20. The molecular formula is C23H26N6O2. The topological polar surface area (TPSA) is 92.0 Å². The Balaban J connectivity index is 1.83. The van der Waals surface area contributed by atoms with E-state index in [1.165, 1.54) is 5.01 Å². The van der Waals surface area contributed by atoms with E-state index in [4.69, 9.17) is 5.26 Å². The van der Waals surface area contributed by atoms with E-state index in [1.54, 1.807) is 36.1 Å².